The average Bonchev–Trinajstić information content (AvgIpc) is 1.96. The van der Waals surface area contributed by atoms with Gasteiger partial charge in [0.15, 0.2) is 5.78 Å². The Bertz CT molecular complexity index is 336. The number of Topliss-reactive ketones (excluding diaryl/α,β-unsaturated/α-hetero) is 1. The fourth-order valence-corrected chi connectivity index (χ4v) is 1.40. The van der Waals surface area contributed by atoms with Gasteiger partial charge in [0.05, 0.1) is 9.13 Å². The third kappa shape index (κ3) is 1.80. The smallest absolute Gasteiger partial charge is 0.162 e. The van der Waals surface area contributed by atoms with Crippen molar-refractivity contribution in [2.45, 2.75) is 6.92 Å². The van der Waals surface area contributed by atoms with Gasteiger partial charge in [-0.05, 0) is 41.6 Å². The minimum absolute atomic E-state index is 0.123. The first-order valence-electron chi connectivity index (χ1n) is 3.18. The molecule has 0 aliphatic heterocycles. The largest absolute Gasteiger partial charge is 0.294 e. The van der Waals surface area contributed by atoms with Crippen LogP contribution in [0.25, 0.3) is 0 Å². The van der Waals surface area contributed by atoms with Crippen LogP contribution in [0.3, 0.4) is 0 Å². The molecule has 64 valence electrons. The molecule has 1 nitrogen and oxygen atoms in total. The predicted octanol–water partition coefficient (Wildman–Crippen LogP) is 2.77. The molecule has 0 saturated heterocycles. The van der Waals surface area contributed by atoms with Gasteiger partial charge in [-0.1, -0.05) is 0 Å². The molecule has 0 amide bonds. The van der Waals surface area contributed by atoms with E-state index in [0.717, 1.165) is 12.1 Å². The summed E-state index contributed by atoms with van der Waals surface area (Å²) in [5, 5.41) is 0. The van der Waals surface area contributed by atoms with Crippen molar-refractivity contribution >= 4 is 28.4 Å². The Hall–Kier alpha value is -0.520. The molecule has 0 heterocycles. The van der Waals surface area contributed by atoms with Crippen molar-refractivity contribution in [1.82, 2.24) is 0 Å². The van der Waals surface area contributed by atoms with Crippen LogP contribution in [0.2, 0.25) is 0 Å². The molecule has 0 atom stereocenters. The molecule has 0 spiro atoms. The zero-order valence-corrected chi connectivity index (χ0v) is 8.35. The van der Waals surface area contributed by atoms with Crippen molar-refractivity contribution in [2.24, 2.45) is 0 Å². The number of ketones is 1. The molecule has 0 aromatic heterocycles. The van der Waals surface area contributed by atoms with Crippen molar-refractivity contribution in [3.63, 3.8) is 0 Å². The highest BCUT2D eigenvalue weighted by Crippen LogP contribution is 2.17. The Kier molecular flexibility index (Phi) is 2.76. The monoisotopic (exact) mass is 282 g/mol. The standard InChI is InChI=1S/C8H5F2IO/c1-4(12)6-2-5(9)3-7(11)8(6)10/h2-3H,1H3. The number of carbonyl (C=O) groups is 1. The zero-order valence-electron chi connectivity index (χ0n) is 6.20. The van der Waals surface area contributed by atoms with Crippen LogP contribution < -0.4 is 0 Å². The summed E-state index contributed by atoms with van der Waals surface area (Å²) in [6, 6.07) is 1.95. The summed E-state index contributed by atoms with van der Waals surface area (Å²) in [6.45, 7) is 1.20. The highest BCUT2D eigenvalue weighted by Gasteiger charge is 2.12. The maximum Gasteiger partial charge on any atom is 0.162 e. The third-order valence-corrected chi connectivity index (χ3v) is 2.16. The fourth-order valence-electron chi connectivity index (χ4n) is 0.812. The summed E-state index contributed by atoms with van der Waals surface area (Å²) in [6.07, 6.45) is 0. The molecule has 0 N–H and O–H groups in total. The van der Waals surface area contributed by atoms with Crippen LogP contribution in [-0.4, -0.2) is 5.78 Å². The highest BCUT2D eigenvalue weighted by atomic mass is 127. The van der Waals surface area contributed by atoms with E-state index in [1.165, 1.54) is 6.92 Å². The molecule has 0 unspecified atom stereocenters. The normalized spacial score (nSPS) is 10.0. The van der Waals surface area contributed by atoms with E-state index < -0.39 is 17.4 Å². The zero-order chi connectivity index (χ0) is 9.30. The Morgan fingerprint density at radius 3 is 2.50 bits per heavy atom. The SMILES string of the molecule is CC(=O)c1cc(F)cc(I)c1F. The molecule has 0 aliphatic rings. The van der Waals surface area contributed by atoms with Gasteiger partial charge in [-0.3, -0.25) is 4.79 Å². The van der Waals surface area contributed by atoms with Crippen LogP contribution in [0.15, 0.2) is 12.1 Å². The number of rotatable bonds is 1. The van der Waals surface area contributed by atoms with E-state index in [9.17, 15) is 13.6 Å². The molecular weight excluding hydrogens is 277 g/mol. The lowest BCUT2D eigenvalue weighted by molar-refractivity contribution is 0.101. The Balaban J connectivity index is 3.37. The molecule has 12 heavy (non-hydrogen) atoms. The number of halogens is 3. The lowest BCUT2D eigenvalue weighted by atomic mass is 10.1. The summed E-state index contributed by atoms with van der Waals surface area (Å²) in [7, 11) is 0. The number of benzene rings is 1. The van der Waals surface area contributed by atoms with Crippen molar-refractivity contribution in [2.75, 3.05) is 0 Å². The molecular formula is C8H5F2IO. The van der Waals surface area contributed by atoms with Gasteiger partial charge in [0, 0.05) is 0 Å². The van der Waals surface area contributed by atoms with Gasteiger partial charge in [0.25, 0.3) is 0 Å². The second-order valence-electron chi connectivity index (χ2n) is 2.31. The lowest BCUT2D eigenvalue weighted by Gasteiger charge is -2.00. The summed E-state index contributed by atoms with van der Waals surface area (Å²) < 4.78 is 25.8. The van der Waals surface area contributed by atoms with Crippen LogP contribution in [-0.2, 0) is 0 Å². The third-order valence-electron chi connectivity index (χ3n) is 1.37. The molecule has 0 aliphatic carbocycles. The van der Waals surface area contributed by atoms with Gasteiger partial charge in [-0.2, -0.15) is 0 Å². The Labute approximate surface area is 81.9 Å². The second kappa shape index (κ2) is 3.47. The number of hydrogen-bond donors (Lipinski definition) is 0. The van der Waals surface area contributed by atoms with Gasteiger partial charge in [-0.25, -0.2) is 8.78 Å². The van der Waals surface area contributed by atoms with Gasteiger partial charge in [-0.15, -0.1) is 0 Å². The molecule has 1 rings (SSSR count). The van der Waals surface area contributed by atoms with Crippen molar-refractivity contribution in [1.29, 1.82) is 0 Å². The maximum absolute atomic E-state index is 13.0. The van der Waals surface area contributed by atoms with Crippen LogP contribution in [0.5, 0.6) is 0 Å². The van der Waals surface area contributed by atoms with E-state index in [2.05, 4.69) is 0 Å². The maximum atomic E-state index is 13.0. The first-order chi connectivity index (χ1) is 5.52. The van der Waals surface area contributed by atoms with Crippen LogP contribution >= 0.6 is 22.6 Å². The highest BCUT2D eigenvalue weighted by molar-refractivity contribution is 14.1. The molecule has 0 bridgehead atoms. The summed E-state index contributed by atoms with van der Waals surface area (Å²) in [5.74, 6) is -1.71. The first kappa shape index (κ1) is 9.57. The van der Waals surface area contributed by atoms with Crippen molar-refractivity contribution in [3.8, 4) is 0 Å². The van der Waals surface area contributed by atoms with Gasteiger partial charge in [0.2, 0.25) is 0 Å². The average molecular weight is 282 g/mol. The van der Waals surface area contributed by atoms with E-state index in [0.29, 0.717) is 0 Å². The van der Waals surface area contributed by atoms with E-state index >= 15 is 0 Å². The van der Waals surface area contributed by atoms with Crippen LogP contribution in [0.4, 0.5) is 8.78 Å². The molecule has 1 aromatic carbocycles. The van der Waals surface area contributed by atoms with E-state index in [-0.39, 0.29) is 9.13 Å². The lowest BCUT2D eigenvalue weighted by Crippen LogP contribution is -2.00. The molecule has 1 aromatic rings. The summed E-state index contributed by atoms with van der Waals surface area (Å²) in [4.78, 5) is 10.8. The molecule has 0 saturated carbocycles. The minimum atomic E-state index is -0.649. The van der Waals surface area contributed by atoms with Gasteiger partial charge >= 0.3 is 0 Å². The Morgan fingerprint density at radius 2 is 2.00 bits per heavy atom. The van der Waals surface area contributed by atoms with Gasteiger partial charge < -0.3 is 0 Å². The van der Waals surface area contributed by atoms with Crippen molar-refractivity contribution in [3.05, 3.63) is 32.9 Å². The van der Waals surface area contributed by atoms with E-state index in [1.54, 1.807) is 22.6 Å². The molecule has 0 radical (unpaired) electrons. The number of hydrogen-bond acceptors (Lipinski definition) is 1. The Morgan fingerprint density at radius 1 is 1.42 bits per heavy atom. The first-order valence-corrected chi connectivity index (χ1v) is 4.25. The topological polar surface area (TPSA) is 17.1 Å². The quantitative estimate of drug-likeness (QED) is 0.440. The summed E-state index contributed by atoms with van der Waals surface area (Å²) >= 11 is 1.64. The van der Waals surface area contributed by atoms with Crippen LogP contribution in [0, 0.1) is 15.2 Å². The number of carbonyl (C=O) groups excluding carboxylic acids is 1. The van der Waals surface area contributed by atoms with Gasteiger partial charge in [0.1, 0.15) is 11.6 Å². The van der Waals surface area contributed by atoms with E-state index in [4.69, 9.17) is 0 Å². The second-order valence-corrected chi connectivity index (χ2v) is 3.47. The minimum Gasteiger partial charge on any atom is -0.294 e. The van der Waals surface area contributed by atoms with E-state index in [1.807, 2.05) is 0 Å². The van der Waals surface area contributed by atoms with Crippen molar-refractivity contribution < 1.29 is 13.6 Å². The van der Waals surface area contributed by atoms with Crippen LogP contribution in [0.1, 0.15) is 17.3 Å². The fraction of sp³-hybridized carbons (Fsp3) is 0.125. The molecule has 4 heteroatoms. The summed E-state index contributed by atoms with van der Waals surface area (Å²) in [5.41, 5.74) is -0.195. The predicted molar refractivity (Wildman–Crippen MR) is 49.1 cm³/mol. The molecule has 0 fully saturated rings.